The van der Waals surface area contributed by atoms with Crippen LogP contribution in [0.4, 0.5) is 0 Å². The molecule has 1 aliphatic rings. The summed E-state index contributed by atoms with van der Waals surface area (Å²) in [4.78, 5) is 9.27. The number of aryl methyl sites for hydroxylation is 3. The third kappa shape index (κ3) is 4.34. The molecule has 0 saturated heterocycles. The molecule has 0 radical (unpaired) electrons. The van der Waals surface area contributed by atoms with Gasteiger partial charge < -0.3 is 9.05 Å². The lowest BCUT2D eigenvalue weighted by Crippen LogP contribution is -2.53. The van der Waals surface area contributed by atoms with Crippen LogP contribution in [-0.4, -0.2) is 25.9 Å². The highest BCUT2D eigenvalue weighted by Crippen LogP contribution is 2.38. The van der Waals surface area contributed by atoms with Crippen molar-refractivity contribution in [3.8, 4) is 5.69 Å². The normalized spacial score (nSPS) is 12.6. The monoisotopic (exact) mass is 588 g/mol. The van der Waals surface area contributed by atoms with Crippen LogP contribution in [0, 0.1) is 0 Å². The van der Waals surface area contributed by atoms with E-state index in [2.05, 4.69) is 108 Å². The first kappa shape index (κ1) is 28.1. The molecule has 0 saturated carbocycles. The first-order valence-electron chi connectivity index (χ1n) is 17.1. The van der Waals surface area contributed by atoms with Gasteiger partial charge in [0.15, 0.2) is 0 Å². The fraction of sp³-hybridized carbons (Fsp3) is 0.300. The number of hydrogen-bond acceptors (Lipinski definition) is 2. The number of para-hydroxylation sites is 3. The average Bonchev–Trinajstić information content (AvgIpc) is 3.60. The molecule has 0 N–H and O–H groups in total. The lowest BCUT2D eigenvalue weighted by Gasteiger charge is -2.29. The van der Waals surface area contributed by atoms with E-state index in [1.807, 2.05) is 6.20 Å². The highest BCUT2D eigenvalue weighted by atomic mass is 15.0. The zero-order valence-electron chi connectivity index (χ0n) is 26.8. The Bertz CT molecular complexity index is 2200. The van der Waals surface area contributed by atoms with Crippen molar-refractivity contribution < 1.29 is 0 Å². The Morgan fingerprint density at radius 3 is 2.20 bits per heavy atom. The summed E-state index contributed by atoms with van der Waals surface area (Å²) in [6, 6.07) is 28.0. The number of unbranched alkanes of at least 4 members (excludes halogenated alkanes) is 3. The van der Waals surface area contributed by atoms with Crippen LogP contribution in [0.3, 0.4) is 0 Å². The molecule has 3 aromatic heterocycles. The minimum Gasteiger partial charge on any atom is -0.375 e. The van der Waals surface area contributed by atoms with Crippen LogP contribution in [-0.2, 0) is 19.3 Å². The van der Waals surface area contributed by atoms with E-state index in [1.54, 1.807) is 6.33 Å². The van der Waals surface area contributed by atoms with Crippen LogP contribution >= 0.6 is 0 Å². The Balaban J connectivity index is 1.54. The minimum absolute atomic E-state index is 0.0410. The van der Waals surface area contributed by atoms with E-state index in [0.29, 0.717) is 0 Å². The summed E-state index contributed by atoms with van der Waals surface area (Å²) in [5.41, 5.74) is 14.5. The molecule has 4 nitrogen and oxygen atoms in total. The highest BCUT2D eigenvalue weighted by molar-refractivity contribution is 6.88. The first-order chi connectivity index (χ1) is 22.2. The number of nitrogens with zero attached hydrogens (tertiary/aromatic N) is 4. The second-order valence-electron chi connectivity index (χ2n) is 12.9. The second-order valence-corrected chi connectivity index (χ2v) is 12.9. The molecule has 5 heteroatoms. The van der Waals surface area contributed by atoms with Gasteiger partial charge in [0.25, 0.3) is 0 Å². The molecule has 224 valence electrons. The fourth-order valence-corrected chi connectivity index (χ4v) is 8.02. The summed E-state index contributed by atoms with van der Waals surface area (Å²) in [6.07, 6.45) is 14.2. The minimum atomic E-state index is 0.0410. The topological polar surface area (TPSA) is 35.6 Å². The highest BCUT2D eigenvalue weighted by Gasteiger charge is 2.37. The molecule has 45 heavy (non-hydrogen) atoms. The molecule has 1 aliphatic heterocycles. The zero-order valence-corrected chi connectivity index (χ0v) is 26.8. The first-order valence-corrected chi connectivity index (χ1v) is 17.1. The maximum atomic E-state index is 4.80. The second kappa shape index (κ2) is 11.5. The summed E-state index contributed by atoms with van der Waals surface area (Å²) >= 11 is 0. The van der Waals surface area contributed by atoms with Gasteiger partial charge in [0.1, 0.15) is 6.33 Å². The average molecular weight is 589 g/mol. The Morgan fingerprint density at radius 1 is 0.644 bits per heavy atom. The molecular formula is C40H41BN4. The van der Waals surface area contributed by atoms with Gasteiger partial charge in [-0.3, -0.25) is 0 Å². The van der Waals surface area contributed by atoms with Crippen molar-refractivity contribution in [3.05, 3.63) is 102 Å². The molecule has 4 heterocycles. The Labute approximate surface area is 266 Å². The molecule has 0 unspecified atom stereocenters. The molecule has 7 aromatic rings. The summed E-state index contributed by atoms with van der Waals surface area (Å²) < 4.78 is 5.18. The van der Waals surface area contributed by atoms with Gasteiger partial charge in [0, 0.05) is 32.9 Å². The van der Waals surface area contributed by atoms with Crippen molar-refractivity contribution in [2.45, 2.75) is 78.6 Å². The summed E-state index contributed by atoms with van der Waals surface area (Å²) in [6.45, 7) is 6.96. The van der Waals surface area contributed by atoms with Crippen molar-refractivity contribution in [1.82, 2.24) is 19.0 Å². The molecule has 4 aromatic carbocycles. The van der Waals surface area contributed by atoms with E-state index in [-0.39, 0.29) is 6.85 Å². The van der Waals surface area contributed by atoms with Gasteiger partial charge in [-0.2, -0.15) is 0 Å². The van der Waals surface area contributed by atoms with E-state index in [9.17, 15) is 0 Å². The van der Waals surface area contributed by atoms with Crippen LogP contribution in [0.1, 0.15) is 76.0 Å². The van der Waals surface area contributed by atoms with Gasteiger partial charge in [0.2, 0.25) is 0 Å². The van der Waals surface area contributed by atoms with Crippen LogP contribution in [0.5, 0.6) is 0 Å². The van der Waals surface area contributed by atoms with Crippen molar-refractivity contribution in [2.24, 2.45) is 0 Å². The van der Waals surface area contributed by atoms with E-state index >= 15 is 0 Å². The molecule has 0 amide bonds. The Hall–Kier alpha value is -4.38. The number of rotatable bonds is 10. The Morgan fingerprint density at radius 2 is 1.36 bits per heavy atom. The lowest BCUT2D eigenvalue weighted by atomic mass is 9.48. The maximum absolute atomic E-state index is 4.80. The van der Waals surface area contributed by atoms with Crippen LogP contribution < -0.4 is 10.9 Å². The molecular weight excluding hydrogens is 547 g/mol. The molecule has 0 fully saturated rings. The quantitative estimate of drug-likeness (QED) is 0.150. The smallest absolute Gasteiger partial charge is 0.332 e. The number of fused-ring (bicyclic) bond motifs is 8. The van der Waals surface area contributed by atoms with E-state index in [0.717, 1.165) is 30.3 Å². The number of aromatic nitrogens is 4. The van der Waals surface area contributed by atoms with Gasteiger partial charge in [-0.1, -0.05) is 101 Å². The van der Waals surface area contributed by atoms with E-state index in [1.165, 1.54) is 105 Å². The summed E-state index contributed by atoms with van der Waals surface area (Å²) in [5, 5.41) is 4.02. The predicted octanol–water partition coefficient (Wildman–Crippen LogP) is 8.68. The molecule has 0 spiro atoms. The Kier molecular flexibility index (Phi) is 7.20. The largest absolute Gasteiger partial charge is 0.375 e. The van der Waals surface area contributed by atoms with Gasteiger partial charge in [-0.25, -0.2) is 9.97 Å². The lowest BCUT2D eigenvalue weighted by molar-refractivity contribution is 0.783. The van der Waals surface area contributed by atoms with Crippen molar-refractivity contribution in [2.75, 3.05) is 0 Å². The molecule has 0 bridgehead atoms. The number of benzene rings is 4. The summed E-state index contributed by atoms with van der Waals surface area (Å²) in [5.74, 6) is 0. The van der Waals surface area contributed by atoms with Crippen LogP contribution in [0.15, 0.2) is 85.3 Å². The molecule has 0 aliphatic carbocycles. The van der Waals surface area contributed by atoms with Gasteiger partial charge in [-0.15, -0.1) is 0 Å². The standard InChI is InChI=1S/C40H41BN4/c1-4-7-14-27-23-29(16-9-6-3)39-32(24-27)30-18-12-17-28(15-8-5-2)38(30)45(39)41-33-20-10-11-22-35(33)44-36-25-42-26-43-37(36)31-19-13-21-34(41)40(31)44/h10-13,17-26H,4-9,14-16H2,1-3H3. The van der Waals surface area contributed by atoms with Gasteiger partial charge in [-0.05, 0) is 78.3 Å². The van der Waals surface area contributed by atoms with Gasteiger partial charge in [0.05, 0.1) is 22.7 Å². The molecule has 0 atom stereocenters. The predicted molar refractivity (Wildman–Crippen MR) is 192 cm³/mol. The van der Waals surface area contributed by atoms with Crippen LogP contribution in [0.2, 0.25) is 0 Å². The third-order valence-corrected chi connectivity index (χ3v) is 10.1. The van der Waals surface area contributed by atoms with Crippen LogP contribution in [0.25, 0.3) is 49.4 Å². The summed E-state index contributed by atoms with van der Waals surface area (Å²) in [7, 11) is 0. The zero-order chi connectivity index (χ0) is 30.5. The van der Waals surface area contributed by atoms with Crippen molar-refractivity contribution >= 4 is 61.5 Å². The molecule has 8 rings (SSSR count). The maximum Gasteiger partial charge on any atom is 0.332 e. The number of hydrogen-bond donors (Lipinski definition) is 0. The van der Waals surface area contributed by atoms with E-state index < -0.39 is 0 Å². The third-order valence-electron chi connectivity index (χ3n) is 10.1. The van der Waals surface area contributed by atoms with E-state index in [4.69, 9.17) is 4.98 Å². The van der Waals surface area contributed by atoms with Gasteiger partial charge >= 0.3 is 6.85 Å². The SMILES string of the molecule is CCCCc1cc(CCCC)c2c(c1)c1cccc(CCCC)c1n2B1c2ccccc2-n2c3cncnc3c3cccc1c32. The van der Waals surface area contributed by atoms with Crippen molar-refractivity contribution in [3.63, 3.8) is 0 Å². The van der Waals surface area contributed by atoms with Crippen molar-refractivity contribution in [1.29, 1.82) is 0 Å². The fourth-order valence-electron chi connectivity index (χ4n) is 8.02.